The first-order chi connectivity index (χ1) is 10.9. The molecule has 2 spiro atoms. The smallest absolute Gasteiger partial charge is 0.169 e. The summed E-state index contributed by atoms with van der Waals surface area (Å²) in [6.45, 7) is 2.26. The van der Waals surface area contributed by atoms with E-state index in [1.54, 1.807) is 0 Å². The first-order valence-electron chi connectivity index (χ1n) is 8.89. The lowest BCUT2D eigenvalue weighted by atomic mass is 9.58. The van der Waals surface area contributed by atoms with Crippen LogP contribution >= 0.6 is 15.9 Å². The highest BCUT2D eigenvalue weighted by atomic mass is 79.9. The van der Waals surface area contributed by atoms with Crippen molar-refractivity contribution in [1.29, 1.82) is 0 Å². The molecule has 5 aliphatic rings. The molecule has 2 aliphatic heterocycles. The second-order valence-electron chi connectivity index (χ2n) is 8.48. The number of halogens is 1. The third kappa shape index (κ3) is 1.65. The molecule has 0 aromatic heterocycles. The van der Waals surface area contributed by atoms with Crippen molar-refractivity contribution in [3.05, 3.63) is 23.3 Å². The molecule has 0 amide bonds. The molecule has 0 aromatic carbocycles. The fourth-order valence-corrected chi connectivity index (χ4v) is 6.91. The van der Waals surface area contributed by atoms with Gasteiger partial charge in [-0.05, 0) is 67.1 Å². The number of carbonyl (C=O) groups is 1. The van der Waals surface area contributed by atoms with Gasteiger partial charge in [0.2, 0.25) is 0 Å². The second-order valence-corrected chi connectivity index (χ2v) is 9.59. The number of ether oxygens (including phenoxy) is 1. The standard InChI is InChI=1S/C19H23BrO3/c1-17-5-4-11-8-12-9-14(21)13(20)10-18(12)6-7-19(11,23-18)15(17)2-3-16(17)22/h8-9,13,15-16,22H,2-7,10H2,1H3/t13-,15-,16+,17+,18-,19-/m1/s1. The Balaban J connectivity index is 1.65. The van der Waals surface area contributed by atoms with Gasteiger partial charge in [0.1, 0.15) is 0 Å². The molecule has 3 nitrogen and oxygen atoms in total. The van der Waals surface area contributed by atoms with Gasteiger partial charge in [0.15, 0.2) is 5.78 Å². The predicted molar refractivity (Wildman–Crippen MR) is 90.4 cm³/mol. The third-order valence-electron chi connectivity index (χ3n) is 7.57. The van der Waals surface area contributed by atoms with Crippen LogP contribution in [-0.2, 0) is 9.53 Å². The van der Waals surface area contributed by atoms with Crippen LogP contribution in [-0.4, -0.2) is 33.0 Å². The van der Waals surface area contributed by atoms with Crippen molar-refractivity contribution >= 4 is 21.7 Å². The van der Waals surface area contributed by atoms with Crippen molar-refractivity contribution in [3.8, 4) is 0 Å². The van der Waals surface area contributed by atoms with Crippen LogP contribution in [0.5, 0.6) is 0 Å². The topological polar surface area (TPSA) is 46.5 Å². The van der Waals surface area contributed by atoms with E-state index in [1.165, 1.54) is 5.57 Å². The van der Waals surface area contributed by atoms with E-state index in [9.17, 15) is 9.90 Å². The molecule has 124 valence electrons. The van der Waals surface area contributed by atoms with E-state index >= 15 is 0 Å². The number of ketones is 1. The van der Waals surface area contributed by atoms with Gasteiger partial charge in [-0.1, -0.05) is 28.9 Å². The van der Waals surface area contributed by atoms with Crippen molar-refractivity contribution < 1.29 is 14.6 Å². The summed E-state index contributed by atoms with van der Waals surface area (Å²) in [6, 6.07) is 0. The van der Waals surface area contributed by atoms with E-state index in [4.69, 9.17) is 4.74 Å². The normalized spacial score (nSPS) is 54.0. The molecule has 6 atom stereocenters. The summed E-state index contributed by atoms with van der Waals surface area (Å²) in [5.74, 6) is 0.583. The fraction of sp³-hybridized carbons (Fsp3) is 0.737. The van der Waals surface area contributed by atoms with Gasteiger partial charge in [-0.3, -0.25) is 4.79 Å². The predicted octanol–water partition coefficient (Wildman–Crippen LogP) is 3.45. The molecule has 3 aliphatic carbocycles. The number of rotatable bonds is 0. The van der Waals surface area contributed by atoms with Gasteiger partial charge >= 0.3 is 0 Å². The molecule has 1 N–H and O–H groups in total. The van der Waals surface area contributed by atoms with Crippen LogP contribution < -0.4 is 0 Å². The molecule has 2 saturated carbocycles. The van der Waals surface area contributed by atoms with Crippen LogP contribution in [0.25, 0.3) is 0 Å². The van der Waals surface area contributed by atoms with Gasteiger partial charge in [0.05, 0.1) is 22.1 Å². The number of carbonyl (C=O) groups excluding carboxylic acids is 1. The van der Waals surface area contributed by atoms with E-state index in [0.29, 0.717) is 5.92 Å². The minimum Gasteiger partial charge on any atom is -0.393 e. The van der Waals surface area contributed by atoms with E-state index in [0.717, 1.165) is 50.5 Å². The van der Waals surface area contributed by atoms with Crippen LogP contribution in [0.4, 0.5) is 0 Å². The summed E-state index contributed by atoms with van der Waals surface area (Å²) in [4.78, 5) is 12.0. The minimum atomic E-state index is -0.280. The maximum absolute atomic E-state index is 12.1. The van der Waals surface area contributed by atoms with Crippen molar-refractivity contribution in [2.45, 2.75) is 74.0 Å². The van der Waals surface area contributed by atoms with Crippen molar-refractivity contribution in [2.24, 2.45) is 11.3 Å². The largest absolute Gasteiger partial charge is 0.393 e. The maximum Gasteiger partial charge on any atom is 0.169 e. The highest BCUT2D eigenvalue weighted by Gasteiger charge is 2.67. The Labute approximate surface area is 145 Å². The molecule has 2 heterocycles. The molecule has 3 fully saturated rings. The average Bonchev–Trinajstić information content (AvgIpc) is 2.98. The van der Waals surface area contributed by atoms with Gasteiger partial charge < -0.3 is 9.84 Å². The van der Waals surface area contributed by atoms with Crippen LogP contribution in [0.1, 0.15) is 51.9 Å². The average molecular weight is 379 g/mol. The third-order valence-corrected chi connectivity index (χ3v) is 8.35. The monoisotopic (exact) mass is 378 g/mol. The summed E-state index contributed by atoms with van der Waals surface area (Å²) in [5.41, 5.74) is 2.01. The Morgan fingerprint density at radius 1 is 1.26 bits per heavy atom. The molecule has 5 rings (SSSR count). The lowest BCUT2D eigenvalue weighted by Crippen LogP contribution is -2.55. The number of aliphatic hydroxyl groups is 1. The molecule has 2 bridgehead atoms. The van der Waals surface area contributed by atoms with Gasteiger partial charge in [0, 0.05) is 6.42 Å². The minimum absolute atomic E-state index is 0.0115. The van der Waals surface area contributed by atoms with E-state index in [1.807, 2.05) is 6.08 Å². The number of allylic oxidation sites excluding steroid dienone is 1. The number of alkyl halides is 1. The molecule has 0 unspecified atom stereocenters. The summed E-state index contributed by atoms with van der Waals surface area (Å²) in [7, 11) is 0. The first kappa shape index (κ1) is 14.9. The molecular formula is C19H23BrO3. The zero-order valence-electron chi connectivity index (χ0n) is 13.5. The number of hydrogen-bond acceptors (Lipinski definition) is 3. The highest BCUT2D eigenvalue weighted by Crippen LogP contribution is 2.67. The van der Waals surface area contributed by atoms with Gasteiger partial charge in [-0.2, -0.15) is 0 Å². The summed E-state index contributed by atoms with van der Waals surface area (Å²) >= 11 is 3.54. The molecule has 1 saturated heterocycles. The summed E-state index contributed by atoms with van der Waals surface area (Å²) in [5, 5.41) is 10.6. The quantitative estimate of drug-likeness (QED) is 0.656. The van der Waals surface area contributed by atoms with Gasteiger partial charge in [0.25, 0.3) is 0 Å². The Bertz CT molecular complexity index is 668. The van der Waals surface area contributed by atoms with Crippen LogP contribution in [0, 0.1) is 11.3 Å². The molecule has 23 heavy (non-hydrogen) atoms. The van der Waals surface area contributed by atoms with Crippen LogP contribution in [0.3, 0.4) is 0 Å². The van der Waals surface area contributed by atoms with Crippen molar-refractivity contribution in [3.63, 3.8) is 0 Å². The van der Waals surface area contributed by atoms with Crippen LogP contribution in [0.15, 0.2) is 23.3 Å². The number of hydrogen-bond donors (Lipinski definition) is 1. The Morgan fingerprint density at radius 2 is 2.09 bits per heavy atom. The van der Waals surface area contributed by atoms with E-state index in [2.05, 4.69) is 28.9 Å². The Hall–Kier alpha value is -0.450. The van der Waals surface area contributed by atoms with E-state index in [-0.39, 0.29) is 33.3 Å². The van der Waals surface area contributed by atoms with Crippen LogP contribution in [0.2, 0.25) is 0 Å². The van der Waals surface area contributed by atoms with Gasteiger partial charge in [-0.15, -0.1) is 0 Å². The first-order valence-corrected chi connectivity index (χ1v) is 9.81. The van der Waals surface area contributed by atoms with E-state index < -0.39 is 0 Å². The molecular weight excluding hydrogens is 356 g/mol. The van der Waals surface area contributed by atoms with Crippen molar-refractivity contribution in [2.75, 3.05) is 0 Å². The molecule has 0 aromatic rings. The SMILES string of the molecule is C[C@]12CCC3=CC4=CC(=O)[C@H](Br)C[C@]45CC[C@]3(O5)[C@@H]1CC[C@@H]2O. The Morgan fingerprint density at radius 3 is 2.91 bits per heavy atom. The maximum atomic E-state index is 12.1. The molecule has 4 heteroatoms. The van der Waals surface area contributed by atoms with Crippen molar-refractivity contribution in [1.82, 2.24) is 0 Å². The fourth-order valence-electron chi connectivity index (χ4n) is 6.26. The number of aliphatic hydroxyl groups excluding tert-OH is 1. The summed E-state index contributed by atoms with van der Waals surface area (Å²) in [6.07, 6.45) is 10.7. The Kier molecular flexibility index (Phi) is 2.83. The zero-order valence-corrected chi connectivity index (χ0v) is 15.1. The van der Waals surface area contributed by atoms with Gasteiger partial charge in [-0.25, -0.2) is 0 Å². The lowest BCUT2D eigenvalue weighted by molar-refractivity contribution is -0.151. The molecule has 0 radical (unpaired) electrons. The summed E-state index contributed by atoms with van der Waals surface area (Å²) < 4.78 is 6.90. The highest BCUT2D eigenvalue weighted by molar-refractivity contribution is 9.10. The number of fused-ring (bicyclic) bond motifs is 1. The lowest BCUT2D eigenvalue weighted by Gasteiger charge is -2.54. The zero-order chi connectivity index (χ0) is 16.0. The second kappa shape index (κ2) is 4.39.